The van der Waals surface area contributed by atoms with E-state index in [1.807, 2.05) is 17.4 Å². The van der Waals surface area contributed by atoms with Gasteiger partial charge in [0.05, 0.1) is 15.9 Å². The van der Waals surface area contributed by atoms with E-state index < -0.39 is 12.5 Å². The van der Waals surface area contributed by atoms with E-state index in [1.54, 1.807) is 11.3 Å². The highest BCUT2D eigenvalue weighted by atomic mass is 32.2. The fourth-order valence-corrected chi connectivity index (χ4v) is 15.3. The summed E-state index contributed by atoms with van der Waals surface area (Å²) in [4.78, 5) is 31.5. The Labute approximate surface area is 453 Å². The molecule has 0 radical (unpaired) electrons. The second-order valence-electron chi connectivity index (χ2n) is 20.7. The standard InChI is InChI=1S/C65H62N2O3S4/c1-5-7-9-12-18-46-35-59(72-58(46)39-60-63(70)66(40-61(68)69)64(71)74-60)62-47(19-13-10-8-6-2)36-57(73-62)44-30-28-42(29-31-44)41-24-26-43(27-25-41)45-32-33-55-51(34-45)52-37-50-49-22-16-17-23-53(49)65(3,4)54(50)38-56(52)67(55)48-20-14-11-15-21-48/h11,14-15,17,20-21,23-39H,5-10,12-13,16,18-19,22,40H2,1-4H3,(H,68,69)/b60-39-. The number of amides is 1. The molecule has 3 aromatic heterocycles. The lowest BCUT2D eigenvalue weighted by Crippen LogP contribution is -2.33. The predicted octanol–water partition coefficient (Wildman–Crippen LogP) is 18.5. The summed E-state index contributed by atoms with van der Waals surface area (Å²) in [5.74, 6) is -1.40. The summed E-state index contributed by atoms with van der Waals surface area (Å²) >= 11 is 10.3. The topological polar surface area (TPSA) is 62.5 Å². The van der Waals surface area contributed by atoms with Crippen LogP contribution in [-0.2, 0) is 27.8 Å². The van der Waals surface area contributed by atoms with Crippen LogP contribution in [0.1, 0.15) is 119 Å². The van der Waals surface area contributed by atoms with Crippen LogP contribution in [0, 0.1) is 0 Å². The maximum absolute atomic E-state index is 13.4. The predicted molar refractivity (Wildman–Crippen MR) is 320 cm³/mol. The molecule has 0 atom stereocenters. The third kappa shape index (κ3) is 9.62. The molecule has 1 saturated heterocycles. The molecule has 1 aliphatic heterocycles. The number of benzene rings is 5. The van der Waals surface area contributed by atoms with Crippen LogP contribution in [0.5, 0.6) is 0 Å². The summed E-state index contributed by atoms with van der Waals surface area (Å²) in [6, 6.07) is 45.7. The average molecular weight is 1050 g/mol. The number of nitrogens with zero attached hydrogens (tertiary/aromatic N) is 2. The first kappa shape index (κ1) is 50.1. The summed E-state index contributed by atoms with van der Waals surface area (Å²) in [5.41, 5.74) is 18.1. The number of rotatable bonds is 18. The summed E-state index contributed by atoms with van der Waals surface area (Å²) in [6.07, 6.45) is 20.2. The number of aryl methyl sites for hydroxylation is 2. The Balaban J connectivity index is 0.888. The van der Waals surface area contributed by atoms with Crippen LogP contribution >= 0.6 is 46.7 Å². The van der Waals surface area contributed by atoms with Crippen molar-refractivity contribution in [2.75, 3.05) is 6.54 Å². The highest BCUT2D eigenvalue weighted by Gasteiger charge is 2.38. The van der Waals surface area contributed by atoms with Gasteiger partial charge in [-0.1, -0.05) is 175 Å². The Bertz CT molecular complexity index is 3570. The van der Waals surface area contributed by atoms with Gasteiger partial charge in [-0.2, -0.15) is 0 Å². The van der Waals surface area contributed by atoms with E-state index in [0.717, 1.165) is 49.8 Å². The van der Waals surface area contributed by atoms with E-state index in [0.29, 0.717) is 9.23 Å². The van der Waals surface area contributed by atoms with Crippen LogP contribution in [0.2, 0.25) is 0 Å². The Morgan fingerprint density at radius 3 is 2.03 bits per heavy atom. The van der Waals surface area contributed by atoms with E-state index >= 15 is 0 Å². The molecule has 0 saturated carbocycles. The normalized spacial score (nSPS) is 15.6. The van der Waals surface area contributed by atoms with Crippen molar-refractivity contribution < 1.29 is 14.7 Å². The zero-order chi connectivity index (χ0) is 51.1. The van der Waals surface area contributed by atoms with Crippen LogP contribution in [0.25, 0.3) is 81.6 Å². The molecule has 8 aromatic rings. The Hall–Kier alpha value is -6.10. The molecular weight excluding hydrogens is 985 g/mol. The van der Waals surface area contributed by atoms with Gasteiger partial charge in [0.2, 0.25) is 0 Å². The second kappa shape index (κ2) is 21.3. The molecule has 374 valence electrons. The molecule has 5 nitrogen and oxygen atoms in total. The number of carbonyl (C=O) groups is 2. The van der Waals surface area contributed by atoms with Gasteiger partial charge in [0, 0.05) is 41.4 Å². The molecule has 1 fully saturated rings. The molecular formula is C65H62N2O3S4. The number of aromatic nitrogens is 1. The van der Waals surface area contributed by atoms with Crippen molar-refractivity contribution in [2.45, 2.75) is 110 Å². The Kier molecular flexibility index (Phi) is 14.4. The molecule has 4 heterocycles. The largest absolute Gasteiger partial charge is 0.480 e. The molecule has 11 rings (SSSR count). The summed E-state index contributed by atoms with van der Waals surface area (Å²) in [5, 5.41) is 12.0. The van der Waals surface area contributed by atoms with Gasteiger partial charge < -0.3 is 9.67 Å². The molecule has 1 N–H and O–H groups in total. The van der Waals surface area contributed by atoms with Crippen LogP contribution in [0.3, 0.4) is 0 Å². The first-order valence-electron chi connectivity index (χ1n) is 26.5. The molecule has 9 heteroatoms. The number of para-hydroxylation sites is 1. The number of thioether (sulfide) groups is 1. The summed E-state index contributed by atoms with van der Waals surface area (Å²) in [7, 11) is 0. The molecule has 0 spiro atoms. The maximum atomic E-state index is 13.4. The fourth-order valence-electron chi connectivity index (χ4n) is 11.4. The van der Waals surface area contributed by atoms with Crippen LogP contribution in [0.4, 0.5) is 0 Å². The van der Waals surface area contributed by atoms with Gasteiger partial charge in [0.1, 0.15) is 10.9 Å². The van der Waals surface area contributed by atoms with Crippen molar-refractivity contribution >= 4 is 96.3 Å². The number of allylic oxidation sites excluding steroid dienone is 4. The van der Waals surface area contributed by atoms with Gasteiger partial charge >= 0.3 is 5.97 Å². The first-order valence-corrected chi connectivity index (χ1v) is 29.4. The fraction of sp³-hybridized carbons (Fsp3) is 0.277. The highest BCUT2D eigenvalue weighted by molar-refractivity contribution is 8.26. The average Bonchev–Trinajstić information content (AvgIpc) is 4.23. The number of fused-ring (bicyclic) bond motifs is 5. The number of hydrogen-bond acceptors (Lipinski definition) is 6. The second-order valence-corrected chi connectivity index (χ2v) is 24.5. The van der Waals surface area contributed by atoms with Crippen molar-refractivity contribution in [3.8, 4) is 48.1 Å². The number of aliphatic carboxylic acids is 1. The molecule has 0 unspecified atom stereocenters. The third-order valence-corrected chi connectivity index (χ3v) is 19.3. The lowest BCUT2D eigenvalue weighted by molar-refractivity contribution is -0.140. The van der Waals surface area contributed by atoms with E-state index in [-0.39, 0.29) is 11.3 Å². The minimum Gasteiger partial charge on any atom is -0.480 e. The molecule has 3 aliphatic rings. The third-order valence-electron chi connectivity index (χ3n) is 15.4. The quantitative estimate of drug-likeness (QED) is 0.0527. The Morgan fingerprint density at radius 1 is 0.703 bits per heavy atom. The van der Waals surface area contributed by atoms with Crippen molar-refractivity contribution in [3.05, 3.63) is 171 Å². The van der Waals surface area contributed by atoms with Gasteiger partial charge in [-0.15, -0.1) is 22.7 Å². The summed E-state index contributed by atoms with van der Waals surface area (Å²) < 4.78 is 2.75. The van der Waals surface area contributed by atoms with Gasteiger partial charge in [0.15, 0.2) is 0 Å². The number of thiocarbonyl (C=S) groups is 1. The number of carboxylic acids is 1. The Morgan fingerprint density at radius 2 is 1.34 bits per heavy atom. The number of carboxylic acid groups (broad SMARTS) is 1. The lowest BCUT2D eigenvalue weighted by Gasteiger charge is -2.24. The number of hydrogen-bond donors (Lipinski definition) is 1. The van der Waals surface area contributed by atoms with Crippen molar-refractivity contribution in [3.63, 3.8) is 0 Å². The van der Waals surface area contributed by atoms with Crippen LogP contribution < -0.4 is 0 Å². The van der Waals surface area contributed by atoms with Crippen molar-refractivity contribution in [2.24, 2.45) is 0 Å². The zero-order valence-electron chi connectivity index (χ0n) is 42.8. The monoisotopic (exact) mass is 1050 g/mol. The van der Waals surface area contributed by atoms with E-state index in [1.165, 1.54) is 152 Å². The first-order chi connectivity index (χ1) is 36.0. The smallest absolute Gasteiger partial charge is 0.323 e. The lowest BCUT2D eigenvalue weighted by atomic mass is 9.80. The van der Waals surface area contributed by atoms with Crippen LogP contribution in [0.15, 0.2) is 144 Å². The van der Waals surface area contributed by atoms with E-state index in [9.17, 15) is 14.7 Å². The molecule has 2 aliphatic carbocycles. The van der Waals surface area contributed by atoms with Crippen molar-refractivity contribution in [1.82, 2.24) is 9.47 Å². The van der Waals surface area contributed by atoms with E-state index in [4.69, 9.17) is 12.2 Å². The van der Waals surface area contributed by atoms with Gasteiger partial charge in [0.25, 0.3) is 5.91 Å². The maximum Gasteiger partial charge on any atom is 0.323 e. The number of unbranched alkanes of at least 4 members (excludes halogenated alkanes) is 6. The number of thiophene rings is 2. The van der Waals surface area contributed by atoms with Gasteiger partial charge in [-0.25, -0.2) is 0 Å². The minimum absolute atomic E-state index is 0.0365. The van der Waals surface area contributed by atoms with Gasteiger partial charge in [-0.3, -0.25) is 14.5 Å². The highest BCUT2D eigenvalue weighted by Crippen LogP contribution is 2.52. The minimum atomic E-state index is -1.07. The van der Waals surface area contributed by atoms with Crippen molar-refractivity contribution in [1.29, 1.82) is 0 Å². The molecule has 5 aromatic carbocycles. The number of carbonyl (C=O) groups excluding carboxylic acids is 1. The van der Waals surface area contributed by atoms with Crippen LogP contribution in [-0.4, -0.2) is 37.3 Å². The van der Waals surface area contributed by atoms with Gasteiger partial charge in [-0.05, 0) is 154 Å². The molecule has 74 heavy (non-hydrogen) atoms. The van der Waals surface area contributed by atoms with E-state index in [2.05, 4.69) is 166 Å². The molecule has 0 bridgehead atoms. The SMILES string of the molecule is CCCCCCc1cc(-c2sc(-c3ccc(-c4ccc(-c5ccc6c(c5)c5cc7c(cc5n6-c5ccccc5)C(C)(C)C5=C7CCC=C5)cc4)cc3)cc2CCCCCC)sc1/C=C1\SC(=S)N(CC(=O)O)C1=O. The zero-order valence-corrected chi connectivity index (χ0v) is 46.0. The molecule has 1 amide bonds. The summed E-state index contributed by atoms with van der Waals surface area (Å²) in [6.45, 7) is 8.85.